The third kappa shape index (κ3) is 6.24. The number of aromatic nitrogens is 3. The highest BCUT2D eigenvalue weighted by Gasteiger charge is 2.29. The number of benzene rings is 1. The molecule has 3 heterocycles. The third-order valence-electron chi connectivity index (χ3n) is 6.47. The molecule has 2 aliphatic heterocycles. The molecule has 2 N–H and O–H groups in total. The molecule has 1 aromatic carbocycles. The molecule has 0 spiro atoms. The molecule has 1 aromatic heterocycles. The number of carbonyl (C=O) groups excluding carboxylic acids is 2. The number of ether oxygens (including phenoxy) is 3. The van der Waals surface area contributed by atoms with Crippen LogP contribution in [0.5, 0.6) is 11.5 Å². The molecule has 4 rings (SSSR count). The quantitative estimate of drug-likeness (QED) is 0.632. The molecule has 0 radical (unpaired) electrons. The van der Waals surface area contributed by atoms with Gasteiger partial charge in [-0.25, -0.2) is 4.79 Å². The van der Waals surface area contributed by atoms with E-state index in [1.165, 1.54) is 0 Å². The molecule has 2 aliphatic rings. The summed E-state index contributed by atoms with van der Waals surface area (Å²) in [6.45, 7) is 5.31. The minimum absolute atomic E-state index is 0.0318. The fraction of sp³-hybridized carbons (Fsp3) is 0.583. The van der Waals surface area contributed by atoms with Crippen LogP contribution in [-0.4, -0.2) is 87.5 Å². The van der Waals surface area contributed by atoms with Crippen molar-refractivity contribution < 1.29 is 28.9 Å². The summed E-state index contributed by atoms with van der Waals surface area (Å²) in [4.78, 5) is 29.2. The molecule has 2 aromatic rings. The summed E-state index contributed by atoms with van der Waals surface area (Å²) in [5.41, 5.74) is 1.27. The predicted molar refractivity (Wildman–Crippen MR) is 129 cm³/mol. The highest BCUT2D eigenvalue weighted by Crippen LogP contribution is 2.34. The maximum atomic E-state index is 13.0. The zero-order chi connectivity index (χ0) is 25.7. The van der Waals surface area contributed by atoms with Gasteiger partial charge in [0.2, 0.25) is 12.7 Å². The summed E-state index contributed by atoms with van der Waals surface area (Å²) in [7, 11) is 1.69. The number of rotatable bonds is 5. The van der Waals surface area contributed by atoms with Gasteiger partial charge in [-0.05, 0) is 25.5 Å². The molecule has 3 amide bonds. The standard InChI is InChI=1S/C24H34N6O6/c1-16-10-30(17(2)13-31)23(32)5-4-8-29-11-19(26-27-29)14-34-22(16)12-28(3)24(33)25-18-6-7-20-21(9-18)36-15-35-20/h6-7,9,11,16-17,22,31H,4-5,8,10,12-15H2,1-3H3,(H,25,33)/t16-,17+,22-/m0/s1. The lowest BCUT2D eigenvalue weighted by atomic mass is 10.0. The number of aliphatic hydroxyl groups is 1. The minimum atomic E-state index is -0.399. The van der Waals surface area contributed by atoms with Crippen molar-refractivity contribution in [3.8, 4) is 11.5 Å². The number of carbonyl (C=O) groups is 2. The number of hydrogen-bond donors (Lipinski definition) is 2. The molecule has 3 atom stereocenters. The number of anilines is 1. The second-order valence-corrected chi connectivity index (χ2v) is 9.36. The molecule has 0 saturated carbocycles. The Morgan fingerprint density at radius 1 is 1.33 bits per heavy atom. The van der Waals surface area contributed by atoms with Crippen LogP contribution in [0.3, 0.4) is 0 Å². The normalized spacial score (nSPS) is 21.2. The van der Waals surface area contributed by atoms with Crippen LogP contribution in [0.15, 0.2) is 24.4 Å². The number of nitrogens with one attached hydrogen (secondary N) is 1. The highest BCUT2D eigenvalue weighted by molar-refractivity contribution is 5.89. The first-order chi connectivity index (χ1) is 17.3. The van der Waals surface area contributed by atoms with Crippen LogP contribution < -0.4 is 14.8 Å². The smallest absolute Gasteiger partial charge is 0.321 e. The minimum Gasteiger partial charge on any atom is -0.454 e. The molecule has 0 aliphatic carbocycles. The first kappa shape index (κ1) is 25.7. The van der Waals surface area contributed by atoms with Crippen LogP contribution in [0.2, 0.25) is 0 Å². The number of likely N-dealkylation sites (N-methyl/N-ethyl adjacent to an activating group) is 1. The van der Waals surface area contributed by atoms with Crippen molar-refractivity contribution in [3.63, 3.8) is 0 Å². The summed E-state index contributed by atoms with van der Waals surface area (Å²) in [6.07, 6.45) is 2.38. The Balaban J connectivity index is 1.47. The Labute approximate surface area is 210 Å². The lowest BCUT2D eigenvalue weighted by molar-refractivity contribution is -0.136. The Morgan fingerprint density at radius 2 is 2.14 bits per heavy atom. The van der Waals surface area contributed by atoms with Crippen molar-refractivity contribution >= 4 is 17.6 Å². The van der Waals surface area contributed by atoms with E-state index < -0.39 is 6.10 Å². The van der Waals surface area contributed by atoms with Gasteiger partial charge in [0.1, 0.15) is 5.69 Å². The molecule has 0 fully saturated rings. The van der Waals surface area contributed by atoms with Gasteiger partial charge in [0.25, 0.3) is 0 Å². The van der Waals surface area contributed by atoms with Gasteiger partial charge in [-0.1, -0.05) is 12.1 Å². The van der Waals surface area contributed by atoms with E-state index in [-0.39, 0.29) is 50.4 Å². The van der Waals surface area contributed by atoms with Crippen LogP contribution in [-0.2, 0) is 22.7 Å². The van der Waals surface area contributed by atoms with Crippen LogP contribution in [0, 0.1) is 5.92 Å². The number of hydrogen-bond acceptors (Lipinski definition) is 8. The number of aryl methyl sites for hydroxylation is 1. The van der Waals surface area contributed by atoms with Crippen LogP contribution in [0.25, 0.3) is 0 Å². The number of urea groups is 1. The van der Waals surface area contributed by atoms with Gasteiger partial charge in [0.05, 0.1) is 31.6 Å². The summed E-state index contributed by atoms with van der Waals surface area (Å²) in [5.74, 6) is 1.06. The van der Waals surface area contributed by atoms with Crippen molar-refractivity contribution in [1.29, 1.82) is 0 Å². The number of fused-ring (bicyclic) bond motifs is 3. The molecule has 36 heavy (non-hydrogen) atoms. The average molecular weight is 503 g/mol. The van der Waals surface area contributed by atoms with Crippen LogP contribution in [0.1, 0.15) is 32.4 Å². The van der Waals surface area contributed by atoms with E-state index in [2.05, 4.69) is 15.6 Å². The molecule has 12 nitrogen and oxygen atoms in total. The van der Waals surface area contributed by atoms with E-state index in [0.717, 1.165) is 0 Å². The molecule has 0 saturated heterocycles. The van der Waals surface area contributed by atoms with E-state index in [1.807, 2.05) is 20.0 Å². The zero-order valence-corrected chi connectivity index (χ0v) is 20.9. The molecule has 196 valence electrons. The molecule has 12 heteroatoms. The lowest BCUT2D eigenvalue weighted by Gasteiger charge is -2.35. The Hall–Kier alpha value is -3.38. The van der Waals surface area contributed by atoms with Gasteiger partial charge in [0, 0.05) is 50.8 Å². The zero-order valence-electron chi connectivity index (χ0n) is 20.9. The first-order valence-corrected chi connectivity index (χ1v) is 12.2. The maximum Gasteiger partial charge on any atom is 0.321 e. The second kappa shape index (κ2) is 11.6. The van der Waals surface area contributed by atoms with Gasteiger partial charge in [-0.15, -0.1) is 5.10 Å². The van der Waals surface area contributed by atoms with Gasteiger partial charge < -0.3 is 34.4 Å². The SMILES string of the molecule is C[C@H](CO)N1C[C@H](C)[C@H](CN(C)C(=O)Nc2ccc3c(c2)OCO3)OCc2cn(nn2)CCCC1=O. The number of aliphatic hydroxyl groups excluding tert-OH is 1. The summed E-state index contributed by atoms with van der Waals surface area (Å²) >= 11 is 0. The number of amides is 3. The fourth-order valence-electron chi connectivity index (χ4n) is 4.24. The predicted octanol–water partition coefficient (Wildman–Crippen LogP) is 1.70. The topological polar surface area (TPSA) is 131 Å². The molecular formula is C24H34N6O6. The van der Waals surface area contributed by atoms with Crippen LogP contribution >= 0.6 is 0 Å². The van der Waals surface area contributed by atoms with Crippen molar-refractivity contribution in [2.75, 3.05) is 38.9 Å². The average Bonchev–Trinajstić information content (AvgIpc) is 3.52. The number of nitrogens with zero attached hydrogens (tertiary/aromatic N) is 5. The van der Waals surface area contributed by atoms with E-state index in [4.69, 9.17) is 14.2 Å². The van der Waals surface area contributed by atoms with E-state index in [1.54, 1.807) is 39.7 Å². The van der Waals surface area contributed by atoms with E-state index in [9.17, 15) is 14.7 Å². The molecule has 0 unspecified atom stereocenters. The lowest BCUT2D eigenvalue weighted by Crippen LogP contribution is -2.48. The largest absolute Gasteiger partial charge is 0.454 e. The Morgan fingerprint density at radius 3 is 2.94 bits per heavy atom. The third-order valence-corrected chi connectivity index (χ3v) is 6.47. The fourth-order valence-corrected chi connectivity index (χ4v) is 4.24. The van der Waals surface area contributed by atoms with Crippen molar-refractivity contribution in [3.05, 3.63) is 30.1 Å². The van der Waals surface area contributed by atoms with Gasteiger partial charge >= 0.3 is 6.03 Å². The van der Waals surface area contributed by atoms with Crippen LogP contribution in [0.4, 0.5) is 10.5 Å². The highest BCUT2D eigenvalue weighted by atomic mass is 16.7. The first-order valence-electron chi connectivity index (χ1n) is 12.2. The molecular weight excluding hydrogens is 468 g/mol. The second-order valence-electron chi connectivity index (χ2n) is 9.36. The summed E-state index contributed by atoms with van der Waals surface area (Å²) in [6, 6.07) is 4.58. The van der Waals surface area contributed by atoms with Crippen molar-refractivity contribution in [1.82, 2.24) is 24.8 Å². The monoisotopic (exact) mass is 502 g/mol. The van der Waals surface area contributed by atoms with Crippen molar-refractivity contribution in [2.45, 2.75) is 52.0 Å². The Kier molecular flexibility index (Phi) is 8.26. The van der Waals surface area contributed by atoms with E-state index in [0.29, 0.717) is 48.8 Å². The summed E-state index contributed by atoms with van der Waals surface area (Å²) < 4.78 is 18.6. The molecule has 2 bridgehead atoms. The van der Waals surface area contributed by atoms with E-state index >= 15 is 0 Å². The van der Waals surface area contributed by atoms with Gasteiger partial charge in [-0.2, -0.15) is 0 Å². The Bertz CT molecular complexity index is 1060. The van der Waals surface area contributed by atoms with Crippen molar-refractivity contribution in [2.24, 2.45) is 5.92 Å². The maximum absolute atomic E-state index is 13.0. The van der Waals surface area contributed by atoms with Gasteiger partial charge in [-0.3, -0.25) is 9.48 Å². The summed E-state index contributed by atoms with van der Waals surface area (Å²) in [5, 5.41) is 20.9. The van der Waals surface area contributed by atoms with Gasteiger partial charge in [0.15, 0.2) is 11.5 Å².